The van der Waals surface area contributed by atoms with Gasteiger partial charge in [0.15, 0.2) is 16.6 Å². The zero-order valence-electron chi connectivity index (χ0n) is 22.1. The number of aliphatic hydroxyl groups is 1. The monoisotopic (exact) mass is 540 g/mol. The molecule has 3 aromatic carbocycles. The minimum Gasteiger partial charge on any atom is -0.507 e. The van der Waals surface area contributed by atoms with E-state index < -0.39 is 17.7 Å². The molecule has 1 unspecified atom stereocenters. The summed E-state index contributed by atoms with van der Waals surface area (Å²) in [5.41, 5.74) is 3.95. The summed E-state index contributed by atoms with van der Waals surface area (Å²) in [5, 5.41) is 11.9. The van der Waals surface area contributed by atoms with E-state index in [-0.39, 0.29) is 16.7 Å². The van der Waals surface area contributed by atoms with E-state index >= 15 is 0 Å². The summed E-state index contributed by atoms with van der Waals surface area (Å²) >= 11 is 1.35. The van der Waals surface area contributed by atoms with Crippen LogP contribution in [0.3, 0.4) is 0 Å². The van der Waals surface area contributed by atoms with Crippen LogP contribution in [-0.4, -0.2) is 35.0 Å². The SMILES string of the molecule is Cc1ccc2nc(N3C(=O)C(=O)/C(=C(/O)c4ccc5c(c4)OCCO5)C3c3ccc(C(C)(C)C)cc3)sc2c1. The summed E-state index contributed by atoms with van der Waals surface area (Å²) in [5.74, 6) is -0.711. The summed E-state index contributed by atoms with van der Waals surface area (Å²) in [7, 11) is 0. The molecule has 1 aromatic heterocycles. The number of aryl methyl sites for hydroxylation is 1. The van der Waals surface area contributed by atoms with Crippen LogP contribution in [0.15, 0.2) is 66.2 Å². The zero-order chi connectivity index (χ0) is 27.5. The van der Waals surface area contributed by atoms with Crippen LogP contribution in [0.5, 0.6) is 11.5 Å². The van der Waals surface area contributed by atoms with Crippen molar-refractivity contribution in [3.63, 3.8) is 0 Å². The number of hydrogen-bond donors (Lipinski definition) is 1. The molecule has 1 fully saturated rings. The lowest BCUT2D eigenvalue weighted by molar-refractivity contribution is -0.132. The molecule has 3 heterocycles. The number of benzene rings is 3. The molecule has 1 atom stereocenters. The van der Waals surface area contributed by atoms with E-state index in [0.29, 0.717) is 41.0 Å². The Labute approximate surface area is 230 Å². The van der Waals surface area contributed by atoms with Crippen molar-refractivity contribution in [1.29, 1.82) is 0 Å². The summed E-state index contributed by atoms with van der Waals surface area (Å²) in [6, 6.07) is 17.9. The number of hydrogen-bond acceptors (Lipinski definition) is 7. The maximum atomic E-state index is 13.6. The van der Waals surface area contributed by atoms with Crippen molar-refractivity contribution in [3.8, 4) is 11.5 Å². The topological polar surface area (TPSA) is 89.0 Å². The van der Waals surface area contributed by atoms with Gasteiger partial charge in [0.1, 0.15) is 19.0 Å². The number of aromatic nitrogens is 1. The number of aliphatic hydroxyl groups excluding tert-OH is 1. The molecule has 0 bridgehead atoms. The molecule has 4 aromatic rings. The Balaban J connectivity index is 1.53. The van der Waals surface area contributed by atoms with Crippen molar-refractivity contribution in [2.24, 2.45) is 0 Å². The van der Waals surface area contributed by atoms with Gasteiger partial charge in [-0.2, -0.15) is 0 Å². The lowest BCUT2D eigenvalue weighted by atomic mass is 9.85. The van der Waals surface area contributed by atoms with Crippen LogP contribution in [0, 0.1) is 6.92 Å². The van der Waals surface area contributed by atoms with Gasteiger partial charge in [0, 0.05) is 5.56 Å². The van der Waals surface area contributed by atoms with Gasteiger partial charge in [0.2, 0.25) is 0 Å². The van der Waals surface area contributed by atoms with Crippen LogP contribution in [-0.2, 0) is 15.0 Å². The van der Waals surface area contributed by atoms with Crippen molar-refractivity contribution in [3.05, 3.63) is 88.5 Å². The number of amides is 1. The molecule has 7 nitrogen and oxygen atoms in total. The van der Waals surface area contributed by atoms with E-state index in [0.717, 1.165) is 21.3 Å². The standard InChI is InChI=1S/C31H28N2O5S/c1-17-5-11-21-24(15-17)39-30(32-21)33-26(18-6-9-20(10-7-18)31(2,3)4)25(28(35)29(33)36)27(34)19-8-12-22-23(16-19)38-14-13-37-22/h5-12,15-16,26,34H,13-14H2,1-4H3/b27-25+. The zero-order valence-corrected chi connectivity index (χ0v) is 23.0. The lowest BCUT2D eigenvalue weighted by Gasteiger charge is -2.25. The van der Waals surface area contributed by atoms with E-state index in [1.54, 1.807) is 18.2 Å². The molecule has 1 amide bonds. The third-order valence-corrected chi connectivity index (χ3v) is 8.11. The molecule has 198 valence electrons. The first-order valence-electron chi connectivity index (χ1n) is 12.8. The first-order chi connectivity index (χ1) is 18.6. The van der Waals surface area contributed by atoms with Crippen LogP contribution in [0.25, 0.3) is 16.0 Å². The predicted octanol–water partition coefficient (Wildman–Crippen LogP) is 6.30. The number of thiazole rings is 1. The molecule has 0 spiro atoms. The highest BCUT2D eigenvalue weighted by atomic mass is 32.1. The van der Waals surface area contributed by atoms with Gasteiger partial charge < -0.3 is 14.6 Å². The second-order valence-corrected chi connectivity index (χ2v) is 11.9. The van der Waals surface area contributed by atoms with Crippen LogP contribution >= 0.6 is 11.3 Å². The normalized spacial score (nSPS) is 18.7. The molecule has 39 heavy (non-hydrogen) atoms. The van der Waals surface area contributed by atoms with E-state index in [4.69, 9.17) is 14.5 Å². The largest absolute Gasteiger partial charge is 0.507 e. The van der Waals surface area contributed by atoms with Crippen molar-refractivity contribution in [2.75, 3.05) is 18.1 Å². The quantitative estimate of drug-likeness (QED) is 0.186. The van der Waals surface area contributed by atoms with Gasteiger partial charge in [0.05, 0.1) is 21.8 Å². The number of ether oxygens (including phenoxy) is 2. The number of nitrogens with zero attached hydrogens (tertiary/aromatic N) is 2. The van der Waals surface area contributed by atoms with Crippen LogP contribution < -0.4 is 14.4 Å². The van der Waals surface area contributed by atoms with Gasteiger partial charge in [-0.25, -0.2) is 4.98 Å². The highest BCUT2D eigenvalue weighted by Gasteiger charge is 2.48. The predicted molar refractivity (Wildman–Crippen MR) is 152 cm³/mol. The summed E-state index contributed by atoms with van der Waals surface area (Å²) in [6.45, 7) is 9.20. The molecule has 0 radical (unpaired) electrons. The Kier molecular flexibility index (Phi) is 5.95. The van der Waals surface area contributed by atoms with Crippen molar-refractivity contribution in [1.82, 2.24) is 4.98 Å². The number of anilines is 1. The summed E-state index contributed by atoms with van der Waals surface area (Å²) in [4.78, 5) is 33.3. The minimum absolute atomic E-state index is 0.00984. The molecule has 2 aliphatic heterocycles. The second-order valence-electron chi connectivity index (χ2n) is 10.9. The Morgan fingerprint density at radius 1 is 0.974 bits per heavy atom. The van der Waals surface area contributed by atoms with E-state index in [9.17, 15) is 14.7 Å². The van der Waals surface area contributed by atoms with Gasteiger partial charge >= 0.3 is 5.91 Å². The molecule has 0 saturated carbocycles. The fourth-order valence-electron chi connectivity index (χ4n) is 4.98. The second kappa shape index (κ2) is 9.24. The third-order valence-electron chi connectivity index (χ3n) is 7.09. The first kappa shape index (κ1) is 25.1. The fourth-order valence-corrected chi connectivity index (χ4v) is 6.07. The Bertz CT molecular complexity index is 1660. The molecular formula is C31H28N2O5S. The number of fused-ring (bicyclic) bond motifs is 2. The molecule has 8 heteroatoms. The molecular weight excluding hydrogens is 512 g/mol. The first-order valence-corrected chi connectivity index (χ1v) is 13.6. The Morgan fingerprint density at radius 3 is 2.41 bits per heavy atom. The number of carbonyl (C=O) groups is 2. The summed E-state index contributed by atoms with van der Waals surface area (Å²) < 4.78 is 12.2. The van der Waals surface area contributed by atoms with E-state index in [1.807, 2.05) is 49.4 Å². The minimum atomic E-state index is -0.853. The number of Topliss-reactive ketones (excluding diaryl/α,β-unsaturated/α-hetero) is 1. The molecule has 0 aliphatic carbocycles. The molecule has 6 rings (SSSR count). The van der Waals surface area contributed by atoms with E-state index in [2.05, 4.69) is 20.8 Å². The highest BCUT2D eigenvalue weighted by Crippen LogP contribution is 2.45. The van der Waals surface area contributed by atoms with Crippen molar-refractivity contribution >= 4 is 44.1 Å². The van der Waals surface area contributed by atoms with Crippen LogP contribution in [0.4, 0.5) is 5.13 Å². The van der Waals surface area contributed by atoms with Gasteiger partial charge in [-0.15, -0.1) is 0 Å². The number of carbonyl (C=O) groups excluding carboxylic acids is 2. The van der Waals surface area contributed by atoms with Gasteiger partial charge in [-0.1, -0.05) is 62.4 Å². The maximum absolute atomic E-state index is 13.6. The van der Waals surface area contributed by atoms with Crippen molar-refractivity contribution in [2.45, 2.75) is 39.2 Å². The summed E-state index contributed by atoms with van der Waals surface area (Å²) in [6.07, 6.45) is 0. The smallest absolute Gasteiger partial charge is 0.301 e. The highest BCUT2D eigenvalue weighted by molar-refractivity contribution is 7.22. The third kappa shape index (κ3) is 4.34. The molecule has 2 aliphatic rings. The Morgan fingerprint density at radius 2 is 1.69 bits per heavy atom. The number of ketones is 1. The van der Waals surface area contributed by atoms with Crippen LogP contribution in [0.2, 0.25) is 0 Å². The van der Waals surface area contributed by atoms with Gasteiger partial charge in [0.25, 0.3) is 5.78 Å². The molecule has 1 N–H and O–H groups in total. The average Bonchev–Trinajstić information content (AvgIpc) is 3.45. The Hall–Kier alpha value is -4.17. The maximum Gasteiger partial charge on any atom is 0.301 e. The van der Waals surface area contributed by atoms with Crippen LogP contribution in [0.1, 0.15) is 49.1 Å². The van der Waals surface area contributed by atoms with Gasteiger partial charge in [-0.05, 0) is 59.4 Å². The lowest BCUT2D eigenvalue weighted by Crippen LogP contribution is -2.29. The van der Waals surface area contributed by atoms with E-state index in [1.165, 1.54) is 16.2 Å². The molecule has 1 saturated heterocycles. The van der Waals surface area contributed by atoms with Crippen molar-refractivity contribution < 1.29 is 24.2 Å². The number of rotatable bonds is 3. The van der Waals surface area contributed by atoms with Gasteiger partial charge in [-0.3, -0.25) is 14.5 Å². The average molecular weight is 541 g/mol. The fraction of sp³-hybridized carbons (Fsp3) is 0.258.